The first kappa shape index (κ1) is 17.4. The number of nitriles is 1. The van der Waals surface area contributed by atoms with Crippen molar-refractivity contribution in [1.82, 2.24) is 0 Å². The Bertz CT molecular complexity index is 524. The van der Waals surface area contributed by atoms with Crippen LogP contribution in [-0.2, 0) is 25.6 Å². The van der Waals surface area contributed by atoms with Crippen molar-refractivity contribution in [3.8, 4) is 6.07 Å². The van der Waals surface area contributed by atoms with Crippen LogP contribution in [0.15, 0.2) is 30.3 Å². The third-order valence-electron chi connectivity index (χ3n) is 4.56. The van der Waals surface area contributed by atoms with Crippen molar-refractivity contribution >= 4 is 0 Å². The summed E-state index contributed by atoms with van der Waals surface area (Å²) in [5.74, 6) is 0. The SMILES string of the molecule is N#CC[C@@H]1CC[C@H]([C@H](CCC2OCCO2)OCc2ccccc2)O1. The zero-order valence-electron chi connectivity index (χ0n) is 13.9. The molecule has 0 aromatic heterocycles. The van der Waals surface area contributed by atoms with Gasteiger partial charge in [-0.2, -0.15) is 5.26 Å². The van der Waals surface area contributed by atoms with Gasteiger partial charge in [0.2, 0.25) is 0 Å². The molecule has 0 N–H and O–H groups in total. The zero-order chi connectivity index (χ0) is 16.6. The molecule has 0 radical (unpaired) electrons. The van der Waals surface area contributed by atoms with E-state index in [1.165, 1.54) is 0 Å². The molecule has 5 heteroatoms. The van der Waals surface area contributed by atoms with Crippen LogP contribution < -0.4 is 0 Å². The number of nitrogens with zero attached hydrogens (tertiary/aromatic N) is 1. The summed E-state index contributed by atoms with van der Waals surface area (Å²) < 4.78 is 23.3. The van der Waals surface area contributed by atoms with Crippen molar-refractivity contribution in [3.05, 3.63) is 35.9 Å². The van der Waals surface area contributed by atoms with Gasteiger partial charge in [0.15, 0.2) is 6.29 Å². The summed E-state index contributed by atoms with van der Waals surface area (Å²) in [5.41, 5.74) is 1.16. The molecule has 2 heterocycles. The second kappa shape index (κ2) is 9.14. The minimum absolute atomic E-state index is 0.00157. The van der Waals surface area contributed by atoms with Gasteiger partial charge in [-0.25, -0.2) is 0 Å². The summed E-state index contributed by atoms with van der Waals surface area (Å²) in [6, 6.07) is 12.4. The predicted molar refractivity (Wildman–Crippen MR) is 88.1 cm³/mol. The first-order valence-corrected chi connectivity index (χ1v) is 8.76. The summed E-state index contributed by atoms with van der Waals surface area (Å²) in [4.78, 5) is 0. The number of rotatable bonds is 8. The van der Waals surface area contributed by atoms with Gasteiger partial charge in [0, 0.05) is 6.42 Å². The average molecular weight is 331 g/mol. The molecule has 0 saturated carbocycles. The molecule has 5 nitrogen and oxygen atoms in total. The van der Waals surface area contributed by atoms with Crippen LogP contribution in [0.4, 0.5) is 0 Å². The van der Waals surface area contributed by atoms with Crippen LogP contribution in [0.3, 0.4) is 0 Å². The normalized spacial score (nSPS) is 25.6. The lowest BCUT2D eigenvalue weighted by Crippen LogP contribution is -2.30. The van der Waals surface area contributed by atoms with Gasteiger partial charge < -0.3 is 18.9 Å². The highest BCUT2D eigenvalue weighted by Gasteiger charge is 2.33. The molecule has 2 aliphatic rings. The van der Waals surface area contributed by atoms with Crippen molar-refractivity contribution < 1.29 is 18.9 Å². The van der Waals surface area contributed by atoms with E-state index in [1.807, 2.05) is 18.2 Å². The Hall–Kier alpha value is -1.45. The van der Waals surface area contributed by atoms with Crippen molar-refractivity contribution in [1.29, 1.82) is 5.26 Å². The molecule has 24 heavy (non-hydrogen) atoms. The predicted octanol–water partition coefficient (Wildman–Crippen LogP) is 3.19. The Balaban J connectivity index is 1.54. The topological polar surface area (TPSA) is 60.7 Å². The molecule has 3 atom stereocenters. The third-order valence-corrected chi connectivity index (χ3v) is 4.56. The monoisotopic (exact) mass is 331 g/mol. The molecular formula is C19H25NO4. The summed E-state index contributed by atoms with van der Waals surface area (Å²) in [6.45, 7) is 1.91. The maximum atomic E-state index is 8.86. The van der Waals surface area contributed by atoms with Gasteiger partial charge in [0.05, 0.1) is 50.6 Å². The maximum Gasteiger partial charge on any atom is 0.157 e. The standard InChI is InChI=1S/C19H25NO4/c20-11-10-16-6-7-18(24-16)17(8-9-19-21-12-13-22-19)23-14-15-4-2-1-3-5-15/h1-5,16-19H,6-10,12-14H2/t16-,17-,18+/m0/s1. The minimum atomic E-state index is -0.121. The number of hydrogen-bond donors (Lipinski definition) is 0. The van der Waals surface area contributed by atoms with Crippen molar-refractivity contribution in [2.75, 3.05) is 13.2 Å². The Kier molecular flexibility index (Phi) is 6.62. The van der Waals surface area contributed by atoms with Crippen LogP contribution in [0.25, 0.3) is 0 Å². The molecule has 2 saturated heterocycles. The molecule has 1 aromatic rings. The number of ether oxygens (including phenoxy) is 4. The van der Waals surface area contributed by atoms with Gasteiger partial charge in [-0.1, -0.05) is 30.3 Å². The summed E-state index contributed by atoms with van der Waals surface area (Å²) in [6.07, 6.45) is 3.94. The fourth-order valence-electron chi connectivity index (χ4n) is 3.29. The highest BCUT2D eigenvalue weighted by Crippen LogP contribution is 2.29. The summed E-state index contributed by atoms with van der Waals surface area (Å²) >= 11 is 0. The minimum Gasteiger partial charge on any atom is -0.371 e. The van der Waals surface area contributed by atoms with E-state index in [1.54, 1.807) is 0 Å². The molecule has 2 aliphatic heterocycles. The molecule has 0 bridgehead atoms. The van der Waals surface area contributed by atoms with E-state index < -0.39 is 0 Å². The highest BCUT2D eigenvalue weighted by molar-refractivity contribution is 5.13. The quantitative estimate of drug-likeness (QED) is 0.732. The fraction of sp³-hybridized carbons (Fsp3) is 0.632. The smallest absolute Gasteiger partial charge is 0.157 e. The molecule has 1 aromatic carbocycles. The van der Waals surface area contributed by atoms with Crippen LogP contribution >= 0.6 is 0 Å². The fourth-order valence-corrected chi connectivity index (χ4v) is 3.29. The van der Waals surface area contributed by atoms with Crippen LogP contribution in [0.5, 0.6) is 0 Å². The highest BCUT2D eigenvalue weighted by atomic mass is 16.7. The molecule has 130 valence electrons. The largest absolute Gasteiger partial charge is 0.371 e. The second-order valence-corrected chi connectivity index (χ2v) is 6.32. The Morgan fingerprint density at radius 2 is 1.96 bits per heavy atom. The van der Waals surface area contributed by atoms with Crippen LogP contribution in [0, 0.1) is 11.3 Å². The summed E-state index contributed by atoms with van der Waals surface area (Å²) in [7, 11) is 0. The van der Waals surface area contributed by atoms with E-state index in [0.29, 0.717) is 26.2 Å². The lowest BCUT2D eigenvalue weighted by molar-refractivity contribution is -0.0970. The molecule has 0 unspecified atom stereocenters. The van der Waals surface area contributed by atoms with Gasteiger partial charge in [0.1, 0.15) is 0 Å². The van der Waals surface area contributed by atoms with Gasteiger partial charge in [-0.15, -0.1) is 0 Å². The van der Waals surface area contributed by atoms with Crippen LogP contribution in [0.1, 0.15) is 37.7 Å². The molecule has 0 spiro atoms. The lowest BCUT2D eigenvalue weighted by Gasteiger charge is -2.25. The van der Waals surface area contributed by atoms with E-state index in [2.05, 4.69) is 18.2 Å². The van der Waals surface area contributed by atoms with Crippen molar-refractivity contribution in [3.63, 3.8) is 0 Å². The van der Waals surface area contributed by atoms with E-state index in [-0.39, 0.29) is 24.6 Å². The average Bonchev–Trinajstić information content (AvgIpc) is 3.28. The van der Waals surface area contributed by atoms with E-state index in [9.17, 15) is 0 Å². The molecular weight excluding hydrogens is 306 g/mol. The van der Waals surface area contributed by atoms with E-state index >= 15 is 0 Å². The molecule has 0 amide bonds. The van der Waals surface area contributed by atoms with Gasteiger partial charge in [-0.05, 0) is 24.8 Å². The Morgan fingerprint density at radius 3 is 2.71 bits per heavy atom. The van der Waals surface area contributed by atoms with Gasteiger partial charge in [0.25, 0.3) is 0 Å². The Labute approximate surface area is 143 Å². The number of benzene rings is 1. The lowest BCUT2D eigenvalue weighted by atomic mass is 10.0. The summed E-state index contributed by atoms with van der Waals surface area (Å²) in [5, 5.41) is 8.86. The van der Waals surface area contributed by atoms with Crippen molar-refractivity contribution in [2.24, 2.45) is 0 Å². The van der Waals surface area contributed by atoms with Gasteiger partial charge in [-0.3, -0.25) is 0 Å². The van der Waals surface area contributed by atoms with Gasteiger partial charge >= 0.3 is 0 Å². The van der Waals surface area contributed by atoms with E-state index in [0.717, 1.165) is 31.2 Å². The zero-order valence-corrected chi connectivity index (χ0v) is 13.9. The maximum absolute atomic E-state index is 8.86. The Morgan fingerprint density at radius 1 is 1.17 bits per heavy atom. The van der Waals surface area contributed by atoms with E-state index in [4.69, 9.17) is 24.2 Å². The second-order valence-electron chi connectivity index (χ2n) is 6.32. The van der Waals surface area contributed by atoms with Crippen LogP contribution in [0.2, 0.25) is 0 Å². The molecule has 0 aliphatic carbocycles. The number of hydrogen-bond acceptors (Lipinski definition) is 5. The third kappa shape index (κ3) is 5.02. The molecule has 2 fully saturated rings. The van der Waals surface area contributed by atoms with Crippen molar-refractivity contribution in [2.45, 2.75) is 63.3 Å². The molecule has 3 rings (SSSR count). The van der Waals surface area contributed by atoms with Crippen LogP contribution in [-0.4, -0.2) is 37.8 Å². The first-order valence-electron chi connectivity index (χ1n) is 8.76. The first-order chi connectivity index (χ1) is 11.8.